The Morgan fingerprint density at radius 2 is 1.68 bits per heavy atom. The number of ether oxygens (including phenoxy) is 1. The number of carbonyl (C=O) groups is 1. The molecular weight excluding hydrogens is 350 g/mol. The monoisotopic (exact) mass is 381 g/mol. The summed E-state index contributed by atoms with van der Waals surface area (Å²) in [7, 11) is 1.65. The number of nitrogens with zero attached hydrogens (tertiary/aromatic N) is 2. The van der Waals surface area contributed by atoms with E-state index in [-0.39, 0.29) is 11.9 Å². The molecule has 1 atom stereocenters. The number of hydrogen-bond acceptors (Lipinski definition) is 4. The lowest BCUT2D eigenvalue weighted by molar-refractivity contribution is -0.126. The van der Waals surface area contributed by atoms with E-state index in [4.69, 9.17) is 4.74 Å². The number of para-hydroxylation sites is 1. The van der Waals surface area contributed by atoms with Crippen molar-refractivity contribution in [2.24, 2.45) is 0 Å². The molecule has 5 heteroatoms. The molecule has 1 aliphatic heterocycles. The van der Waals surface area contributed by atoms with Crippen LogP contribution in [-0.2, 0) is 17.9 Å². The van der Waals surface area contributed by atoms with Gasteiger partial charge in [-0.25, -0.2) is 0 Å². The maximum absolute atomic E-state index is 12.6. The minimum atomic E-state index is -0.129. The molecule has 1 unspecified atom stereocenters. The zero-order valence-electron chi connectivity index (χ0n) is 17.1. The fourth-order valence-corrected chi connectivity index (χ4v) is 3.68. The van der Waals surface area contributed by atoms with Crippen molar-refractivity contribution in [3.63, 3.8) is 0 Å². The van der Waals surface area contributed by atoms with Gasteiger partial charge in [0.15, 0.2) is 0 Å². The van der Waals surface area contributed by atoms with Crippen LogP contribution in [0, 0.1) is 6.92 Å². The number of methoxy groups -OCH3 is 1. The second-order valence-electron chi connectivity index (χ2n) is 7.44. The molecule has 0 aromatic heterocycles. The van der Waals surface area contributed by atoms with Gasteiger partial charge in [0, 0.05) is 44.8 Å². The summed E-state index contributed by atoms with van der Waals surface area (Å²) >= 11 is 0. The number of carbonyl (C=O) groups excluding carboxylic acids is 1. The van der Waals surface area contributed by atoms with Crippen LogP contribution in [0.15, 0.2) is 48.5 Å². The van der Waals surface area contributed by atoms with Gasteiger partial charge in [-0.3, -0.25) is 14.6 Å². The molecule has 1 aliphatic rings. The predicted molar refractivity (Wildman–Crippen MR) is 112 cm³/mol. The summed E-state index contributed by atoms with van der Waals surface area (Å²) in [4.78, 5) is 17.4. The lowest BCUT2D eigenvalue weighted by Crippen LogP contribution is -2.53. The van der Waals surface area contributed by atoms with E-state index in [2.05, 4.69) is 46.3 Å². The SMILES string of the molecule is COc1ccccc1CNC(=O)C(C)N1CCN(Cc2ccccc2C)CC1. The van der Waals surface area contributed by atoms with E-state index < -0.39 is 0 Å². The van der Waals surface area contributed by atoms with Crippen molar-refractivity contribution < 1.29 is 9.53 Å². The van der Waals surface area contributed by atoms with Gasteiger partial charge in [-0.15, -0.1) is 0 Å². The first-order chi connectivity index (χ1) is 13.6. The molecule has 5 nitrogen and oxygen atoms in total. The van der Waals surface area contributed by atoms with Crippen LogP contribution in [0.1, 0.15) is 23.6 Å². The highest BCUT2D eigenvalue weighted by Crippen LogP contribution is 2.17. The summed E-state index contributed by atoms with van der Waals surface area (Å²) < 4.78 is 5.36. The van der Waals surface area contributed by atoms with E-state index in [1.165, 1.54) is 11.1 Å². The summed E-state index contributed by atoms with van der Waals surface area (Å²) in [5.74, 6) is 0.874. The third-order valence-electron chi connectivity index (χ3n) is 5.63. The van der Waals surface area contributed by atoms with Crippen molar-refractivity contribution in [3.05, 3.63) is 65.2 Å². The quantitative estimate of drug-likeness (QED) is 0.801. The number of piperazine rings is 1. The topological polar surface area (TPSA) is 44.8 Å². The van der Waals surface area contributed by atoms with Crippen LogP contribution in [0.2, 0.25) is 0 Å². The Kier molecular flexibility index (Phi) is 7.06. The molecule has 3 rings (SSSR count). The third-order valence-corrected chi connectivity index (χ3v) is 5.63. The highest BCUT2D eigenvalue weighted by molar-refractivity contribution is 5.81. The fourth-order valence-electron chi connectivity index (χ4n) is 3.68. The molecule has 1 saturated heterocycles. The first-order valence-corrected chi connectivity index (χ1v) is 9.99. The molecule has 2 aromatic rings. The van der Waals surface area contributed by atoms with Gasteiger partial charge in [-0.2, -0.15) is 0 Å². The van der Waals surface area contributed by atoms with E-state index in [9.17, 15) is 4.79 Å². The molecule has 2 aromatic carbocycles. The maximum atomic E-state index is 12.6. The Hall–Kier alpha value is -2.37. The summed E-state index contributed by atoms with van der Waals surface area (Å²) in [5, 5.41) is 3.06. The van der Waals surface area contributed by atoms with Gasteiger partial charge in [0.2, 0.25) is 5.91 Å². The summed E-state index contributed by atoms with van der Waals surface area (Å²) in [6.45, 7) is 9.42. The average molecular weight is 382 g/mol. The van der Waals surface area contributed by atoms with Gasteiger partial charge in [0.1, 0.15) is 5.75 Å². The number of aryl methyl sites for hydroxylation is 1. The Morgan fingerprint density at radius 3 is 2.36 bits per heavy atom. The lowest BCUT2D eigenvalue weighted by atomic mass is 10.1. The third kappa shape index (κ3) is 5.12. The van der Waals surface area contributed by atoms with Crippen LogP contribution < -0.4 is 10.1 Å². The van der Waals surface area contributed by atoms with Crippen LogP contribution in [-0.4, -0.2) is 55.0 Å². The predicted octanol–water partition coefficient (Wildman–Crippen LogP) is 2.83. The Labute approximate surface area is 168 Å². The van der Waals surface area contributed by atoms with Crippen molar-refractivity contribution in [2.75, 3.05) is 33.3 Å². The number of benzene rings is 2. The van der Waals surface area contributed by atoms with Crippen molar-refractivity contribution >= 4 is 5.91 Å². The number of amides is 1. The van der Waals surface area contributed by atoms with Crippen molar-refractivity contribution in [1.82, 2.24) is 15.1 Å². The first kappa shape index (κ1) is 20.4. The molecule has 0 radical (unpaired) electrons. The summed E-state index contributed by atoms with van der Waals surface area (Å²) in [6, 6.07) is 16.2. The highest BCUT2D eigenvalue weighted by atomic mass is 16.5. The molecule has 28 heavy (non-hydrogen) atoms. The average Bonchev–Trinajstić information content (AvgIpc) is 2.74. The number of nitrogens with one attached hydrogen (secondary N) is 1. The number of hydrogen-bond donors (Lipinski definition) is 1. The number of rotatable bonds is 7. The van der Waals surface area contributed by atoms with E-state index in [1.807, 2.05) is 31.2 Å². The summed E-state index contributed by atoms with van der Waals surface area (Å²) in [5.41, 5.74) is 3.72. The second kappa shape index (κ2) is 9.71. The van der Waals surface area contributed by atoms with E-state index in [0.717, 1.165) is 44.0 Å². The van der Waals surface area contributed by atoms with Gasteiger partial charge in [-0.1, -0.05) is 42.5 Å². The van der Waals surface area contributed by atoms with Crippen LogP contribution in [0.5, 0.6) is 5.75 Å². The van der Waals surface area contributed by atoms with E-state index >= 15 is 0 Å². The smallest absolute Gasteiger partial charge is 0.237 e. The molecule has 1 amide bonds. The minimum absolute atomic E-state index is 0.0678. The largest absolute Gasteiger partial charge is 0.496 e. The van der Waals surface area contributed by atoms with Gasteiger partial charge in [-0.05, 0) is 31.0 Å². The molecule has 1 heterocycles. The van der Waals surface area contributed by atoms with Gasteiger partial charge >= 0.3 is 0 Å². The Bertz CT molecular complexity index is 785. The zero-order chi connectivity index (χ0) is 19.9. The molecule has 0 saturated carbocycles. The second-order valence-corrected chi connectivity index (χ2v) is 7.44. The maximum Gasteiger partial charge on any atom is 0.237 e. The first-order valence-electron chi connectivity index (χ1n) is 9.99. The van der Waals surface area contributed by atoms with Crippen LogP contribution in [0.4, 0.5) is 0 Å². The normalized spacial score (nSPS) is 16.5. The minimum Gasteiger partial charge on any atom is -0.496 e. The standard InChI is InChI=1S/C23H31N3O2/c1-18-8-4-5-10-21(18)17-25-12-14-26(15-13-25)19(2)23(27)24-16-20-9-6-7-11-22(20)28-3/h4-11,19H,12-17H2,1-3H3,(H,24,27). The van der Waals surface area contributed by atoms with Gasteiger partial charge in [0.05, 0.1) is 13.2 Å². The molecule has 1 fully saturated rings. The Morgan fingerprint density at radius 1 is 1.04 bits per heavy atom. The van der Waals surface area contributed by atoms with Crippen molar-refractivity contribution in [2.45, 2.75) is 33.0 Å². The molecule has 0 bridgehead atoms. The molecule has 1 N–H and O–H groups in total. The molecular formula is C23H31N3O2. The van der Waals surface area contributed by atoms with E-state index in [1.54, 1.807) is 7.11 Å². The highest BCUT2D eigenvalue weighted by Gasteiger charge is 2.25. The zero-order valence-corrected chi connectivity index (χ0v) is 17.1. The van der Waals surface area contributed by atoms with Gasteiger partial charge in [0.25, 0.3) is 0 Å². The van der Waals surface area contributed by atoms with Crippen molar-refractivity contribution in [3.8, 4) is 5.75 Å². The van der Waals surface area contributed by atoms with Crippen LogP contribution in [0.25, 0.3) is 0 Å². The fraction of sp³-hybridized carbons (Fsp3) is 0.435. The molecule has 150 valence electrons. The Balaban J connectivity index is 1.47. The summed E-state index contributed by atoms with van der Waals surface area (Å²) in [6.07, 6.45) is 0. The van der Waals surface area contributed by atoms with Crippen LogP contribution in [0.3, 0.4) is 0 Å². The molecule has 0 spiro atoms. The van der Waals surface area contributed by atoms with E-state index in [0.29, 0.717) is 6.54 Å². The van der Waals surface area contributed by atoms with Crippen molar-refractivity contribution in [1.29, 1.82) is 0 Å². The van der Waals surface area contributed by atoms with Gasteiger partial charge < -0.3 is 10.1 Å². The van der Waals surface area contributed by atoms with Crippen LogP contribution >= 0.6 is 0 Å². The molecule has 0 aliphatic carbocycles. The lowest BCUT2D eigenvalue weighted by Gasteiger charge is -2.37.